The van der Waals surface area contributed by atoms with Crippen LogP contribution in [-0.2, 0) is 4.74 Å². The molecule has 6 nitrogen and oxygen atoms in total. The fourth-order valence-electron chi connectivity index (χ4n) is 1.02. The molecule has 0 aliphatic rings. The van der Waals surface area contributed by atoms with Crippen molar-refractivity contribution < 1.29 is 19.2 Å². The Hall–Kier alpha value is -1.41. The first kappa shape index (κ1) is 15.6. The van der Waals surface area contributed by atoms with Crippen LogP contribution in [-0.4, -0.2) is 22.4 Å². The quantitative estimate of drug-likeness (QED) is 0.224. The molecule has 104 valence electrons. The molecule has 0 heterocycles. The third kappa shape index (κ3) is 5.39. The molecule has 0 fully saturated rings. The molecule has 1 rings (SSSR count). The fraction of sp³-hybridized carbons (Fsp3) is 0.364. The molecule has 1 aromatic rings. The highest BCUT2D eigenvalue weighted by Gasteiger charge is 2.20. The van der Waals surface area contributed by atoms with E-state index in [0.29, 0.717) is 0 Å². The molecule has 0 aliphatic heterocycles. The van der Waals surface area contributed by atoms with E-state index in [1.165, 1.54) is 35.1 Å². The normalized spacial score (nSPS) is 10.9. The van der Waals surface area contributed by atoms with E-state index in [2.05, 4.69) is 11.7 Å². The highest BCUT2D eigenvalue weighted by molar-refractivity contribution is 8.69. The minimum atomic E-state index is -0.857. The molecule has 0 atom stereocenters. The molecule has 0 aromatic heterocycles. The summed E-state index contributed by atoms with van der Waals surface area (Å²) >= 11 is 4.05. The van der Waals surface area contributed by atoms with Crippen LogP contribution in [0.4, 0.5) is 10.5 Å². The molecule has 0 radical (unpaired) electrons. The van der Waals surface area contributed by atoms with E-state index in [4.69, 9.17) is 9.47 Å². The van der Waals surface area contributed by atoms with Gasteiger partial charge in [-0.3, -0.25) is 10.1 Å². The Morgan fingerprint density at radius 1 is 1.42 bits per heavy atom. The van der Waals surface area contributed by atoms with Gasteiger partial charge in [-0.25, -0.2) is 4.79 Å². The number of rotatable bonds is 5. The van der Waals surface area contributed by atoms with Crippen molar-refractivity contribution in [2.45, 2.75) is 18.6 Å². The van der Waals surface area contributed by atoms with Crippen molar-refractivity contribution >= 4 is 34.3 Å². The Kier molecular flexibility index (Phi) is 5.49. The van der Waals surface area contributed by atoms with E-state index in [9.17, 15) is 14.9 Å². The van der Waals surface area contributed by atoms with E-state index in [-0.39, 0.29) is 22.8 Å². The number of nitro benzene ring substituents is 1. The molecule has 0 bridgehead atoms. The minimum absolute atomic E-state index is 0.0756. The van der Waals surface area contributed by atoms with Gasteiger partial charge in [0, 0.05) is 12.1 Å². The Labute approximate surface area is 119 Å². The topological polar surface area (TPSA) is 78.7 Å². The van der Waals surface area contributed by atoms with Gasteiger partial charge in [0.2, 0.25) is 0 Å². The van der Waals surface area contributed by atoms with E-state index in [0.717, 1.165) is 0 Å². The van der Waals surface area contributed by atoms with Gasteiger partial charge in [0.1, 0.15) is 12.4 Å². The van der Waals surface area contributed by atoms with Crippen molar-refractivity contribution in [3.8, 4) is 5.75 Å². The van der Waals surface area contributed by atoms with Crippen molar-refractivity contribution in [3.63, 3.8) is 0 Å². The van der Waals surface area contributed by atoms with Crippen LogP contribution < -0.4 is 4.74 Å². The van der Waals surface area contributed by atoms with Crippen molar-refractivity contribution in [3.05, 3.63) is 34.4 Å². The van der Waals surface area contributed by atoms with E-state index in [1.807, 2.05) is 13.8 Å². The number of nitrogens with zero attached hydrogens (tertiary/aromatic N) is 1. The number of hydrogen-bond donors (Lipinski definition) is 1. The van der Waals surface area contributed by atoms with E-state index in [1.54, 1.807) is 0 Å². The summed E-state index contributed by atoms with van der Waals surface area (Å²) < 4.78 is 9.46. The summed E-state index contributed by atoms with van der Waals surface area (Å²) in [6.07, 6.45) is -0.857. The molecule has 0 saturated heterocycles. The highest BCUT2D eigenvalue weighted by Crippen LogP contribution is 2.27. The monoisotopic (exact) mass is 303 g/mol. The van der Waals surface area contributed by atoms with Crippen LogP contribution in [0.5, 0.6) is 5.75 Å². The van der Waals surface area contributed by atoms with Gasteiger partial charge in [-0.2, -0.15) is 0 Å². The first-order chi connectivity index (χ1) is 8.84. The summed E-state index contributed by atoms with van der Waals surface area (Å²) in [5.41, 5.74) is -0.0756. The van der Waals surface area contributed by atoms with Crippen molar-refractivity contribution in [2.75, 3.05) is 6.61 Å². The molecule has 0 spiro atoms. The van der Waals surface area contributed by atoms with Crippen LogP contribution in [0.3, 0.4) is 0 Å². The smallest absolute Gasteiger partial charge is 0.432 e. The molecule has 0 unspecified atom stereocenters. The predicted molar refractivity (Wildman–Crippen MR) is 75.7 cm³/mol. The minimum Gasteiger partial charge on any atom is -0.432 e. The van der Waals surface area contributed by atoms with E-state index >= 15 is 0 Å². The van der Waals surface area contributed by atoms with Gasteiger partial charge in [-0.05, 0) is 26.0 Å². The Morgan fingerprint density at radius 2 is 2.00 bits per heavy atom. The largest absolute Gasteiger partial charge is 0.513 e. The molecule has 8 heteroatoms. The number of ether oxygens (including phenoxy) is 2. The lowest BCUT2D eigenvalue weighted by Gasteiger charge is -2.19. The summed E-state index contributed by atoms with van der Waals surface area (Å²) in [4.78, 5) is 21.3. The van der Waals surface area contributed by atoms with Crippen LogP contribution in [0, 0.1) is 10.1 Å². The van der Waals surface area contributed by atoms with Gasteiger partial charge < -0.3 is 9.47 Å². The van der Waals surface area contributed by atoms with Gasteiger partial charge in [-0.15, -0.1) is 11.7 Å². The number of nitro groups is 1. The average molecular weight is 303 g/mol. The fourth-order valence-corrected chi connectivity index (χ4v) is 1.29. The summed E-state index contributed by atoms with van der Waals surface area (Å²) in [7, 11) is 1.27. The molecule has 0 N–H and O–H groups in total. The second-order valence-corrected chi connectivity index (χ2v) is 6.08. The SMILES string of the molecule is CC(C)(COC(=O)Oc1ccc([N+](=O)[O-])cc1)SS. The van der Waals surface area contributed by atoms with Gasteiger partial charge >= 0.3 is 6.16 Å². The second-order valence-electron chi connectivity index (χ2n) is 4.24. The zero-order valence-corrected chi connectivity index (χ0v) is 12.1. The number of benzene rings is 1. The maximum atomic E-state index is 11.4. The van der Waals surface area contributed by atoms with Gasteiger partial charge in [0.05, 0.1) is 9.67 Å². The molecule has 1 aromatic carbocycles. The Balaban J connectivity index is 2.51. The average Bonchev–Trinajstić information content (AvgIpc) is 2.37. The number of carbonyl (C=O) groups is 1. The Bertz CT molecular complexity index is 461. The predicted octanol–water partition coefficient (Wildman–Crippen LogP) is 3.47. The number of hydrogen-bond acceptors (Lipinski definition) is 7. The number of thiol groups is 1. The summed E-state index contributed by atoms with van der Waals surface area (Å²) in [6.45, 7) is 3.88. The van der Waals surface area contributed by atoms with E-state index < -0.39 is 11.1 Å². The summed E-state index contributed by atoms with van der Waals surface area (Å²) in [6, 6.07) is 5.15. The van der Waals surface area contributed by atoms with Crippen LogP contribution in [0.25, 0.3) is 0 Å². The maximum absolute atomic E-state index is 11.4. The Morgan fingerprint density at radius 3 is 2.47 bits per heavy atom. The standard InChI is InChI=1S/C11H13NO5S2/c1-11(2,19-18)7-16-10(13)17-9-5-3-8(4-6-9)12(14)15/h3-6,18H,7H2,1-2H3. The second kappa shape index (κ2) is 6.67. The lowest BCUT2D eigenvalue weighted by atomic mass is 10.2. The van der Waals surface area contributed by atoms with Crippen LogP contribution in [0.15, 0.2) is 24.3 Å². The molecule has 19 heavy (non-hydrogen) atoms. The number of non-ortho nitro benzene ring substituents is 1. The van der Waals surface area contributed by atoms with Gasteiger partial charge in [0.25, 0.3) is 5.69 Å². The first-order valence-electron chi connectivity index (χ1n) is 5.26. The van der Waals surface area contributed by atoms with Crippen LogP contribution in [0.1, 0.15) is 13.8 Å². The summed E-state index contributed by atoms with van der Waals surface area (Å²) in [5, 5.41) is 10.4. The van der Waals surface area contributed by atoms with Crippen LogP contribution in [0.2, 0.25) is 0 Å². The zero-order chi connectivity index (χ0) is 14.5. The van der Waals surface area contributed by atoms with Gasteiger partial charge in [-0.1, -0.05) is 10.8 Å². The molecule has 0 saturated carbocycles. The van der Waals surface area contributed by atoms with Crippen molar-refractivity contribution in [2.24, 2.45) is 0 Å². The van der Waals surface area contributed by atoms with Crippen molar-refractivity contribution in [1.82, 2.24) is 0 Å². The maximum Gasteiger partial charge on any atom is 0.513 e. The molecular weight excluding hydrogens is 290 g/mol. The lowest BCUT2D eigenvalue weighted by Crippen LogP contribution is -2.25. The van der Waals surface area contributed by atoms with Crippen LogP contribution >= 0.6 is 22.5 Å². The molecule has 0 amide bonds. The van der Waals surface area contributed by atoms with Crippen molar-refractivity contribution in [1.29, 1.82) is 0 Å². The third-order valence-electron chi connectivity index (χ3n) is 2.03. The van der Waals surface area contributed by atoms with Gasteiger partial charge in [0.15, 0.2) is 0 Å². The highest BCUT2D eigenvalue weighted by atomic mass is 33.1. The lowest BCUT2D eigenvalue weighted by molar-refractivity contribution is -0.384. The molecule has 0 aliphatic carbocycles. The number of carbonyl (C=O) groups excluding carboxylic acids is 1. The molecular formula is C11H13NO5S2. The third-order valence-corrected chi connectivity index (χ3v) is 4.13. The zero-order valence-electron chi connectivity index (χ0n) is 10.4. The summed E-state index contributed by atoms with van der Waals surface area (Å²) in [5.74, 6) is 0.187. The first-order valence-corrected chi connectivity index (χ1v) is 7.12.